The molecule has 0 aliphatic carbocycles. The molecular formula is C14H30N2. The molecule has 2 heteroatoms. The van der Waals surface area contributed by atoms with Crippen LogP contribution in [-0.4, -0.2) is 36.6 Å². The molecule has 1 rings (SSSR count). The number of nitrogens with one attached hydrogen (secondary N) is 1. The van der Waals surface area contributed by atoms with Gasteiger partial charge in [0.2, 0.25) is 0 Å². The Morgan fingerprint density at radius 3 is 2.31 bits per heavy atom. The van der Waals surface area contributed by atoms with Crippen LogP contribution in [0.1, 0.15) is 53.4 Å². The van der Waals surface area contributed by atoms with Crippen molar-refractivity contribution in [1.82, 2.24) is 10.2 Å². The Morgan fingerprint density at radius 1 is 1.19 bits per heavy atom. The Kier molecular flexibility index (Phi) is 6.37. The Balaban J connectivity index is 2.29. The van der Waals surface area contributed by atoms with Crippen molar-refractivity contribution in [2.45, 2.75) is 65.5 Å². The van der Waals surface area contributed by atoms with Crippen LogP contribution in [0.3, 0.4) is 0 Å². The molecule has 2 nitrogen and oxygen atoms in total. The fourth-order valence-corrected chi connectivity index (χ4v) is 2.63. The van der Waals surface area contributed by atoms with Crippen molar-refractivity contribution in [2.75, 3.05) is 19.6 Å². The van der Waals surface area contributed by atoms with Crippen LogP contribution < -0.4 is 5.32 Å². The molecule has 1 aliphatic rings. The van der Waals surface area contributed by atoms with Crippen LogP contribution in [0.25, 0.3) is 0 Å². The average molecular weight is 226 g/mol. The largest absolute Gasteiger partial charge is 0.313 e. The Hall–Kier alpha value is -0.0800. The molecule has 1 saturated heterocycles. The van der Waals surface area contributed by atoms with Gasteiger partial charge in [0.15, 0.2) is 0 Å². The lowest BCUT2D eigenvalue weighted by Crippen LogP contribution is -2.49. The second kappa shape index (κ2) is 7.29. The number of nitrogens with zero attached hydrogens (tertiary/aromatic N) is 1. The van der Waals surface area contributed by atoms with Gasteiger partial charge in [-0.15, -0.1) is 0 Å². The van der Waals surface area contributed by atoms with Crippen molar-refractivity contribution in [3.05, 3.63) is 0 Å². The smallest absolute Gasteiger partial charge is 0.0218 e. The summed E-state index contributed by atoms with van der Waals surface area (Å²) in [6.45, 7) is 13.0. The van der Waals surface area contributed by atoms with Gasteiger partial charge in [-0.05, 0) is 58.7 Å². The van der Waals surface area contributed by atoms with Crippen LogP contribution in [0.4, 0.5) is 0 Å². The minimum absolute atomic E-state index is 0.623. The van der Waals surface area contributed by atoms with Crippen LogP contribution in [0.15, 0.2) is 0 Å². The Morgan fingerprint density at radius 2 is 1.81 bits per heavy atom. The van der Waals surface area contributed by atoms with Gasteiger partial charge in [-0.25, -0.2) is 0 Å². The van der Waals surface area contributed by atoms with Gasteiger partial charge in [0.25, 0.3) is 0 Å². The van der Waals surface area contributed by atoms with Crippen molar-refractivity contribution < 1.29 is 0 Å². The number of likely N-dealkylation sites (tertiary alicyclic amines) is 1. The third kappa shape index (κ3) is 4.06. The van der Waals surface area contributed by atoms with E-state index < -0.39 is 0 Å². The van der Waals surface area contributed by atoms with Crippen molar-refractivity contribution in [3.63, 3.8) is 0 Å². The quantitative estimate of drug-likeness (QED) is 0.749. The molecule has 1 heterocycles. The maximum atomic E-state index is 3.61. The predicted octanol–water partition coefficient (Wildman–Crippen LogP) is 2.89. The maximum Gasteiger partial charge on any atom is 0.0218 e. The molecule has 0 saturated carbocycles. The van der Waals surface area contributed by atoms with Gasteiger partial charge in [-0.2, -0.15) is 0 Å². The second-order valence-electron chi connectivity index (χ2n) is 5.37. The molecule has 2 unspecified atom stereocenters. The third-order valence-electron chi connectivity index (χ3n) is 4.24. The molecule has 1 N–H and O–H groups in total. The first-order valence-corrected chi connectivity index (χ1v) is 7.16. The van der Waals surface area contributed by atoms with Gasteiger partial charge in [-0.1, -0.05) is 20.3 Å². The van der Waals surface area contributed by atoms with Crippen LogP contribution in [0.5, 0.6) is 0 Å². The summed E-state index contributed by atoms with van der Waals surface area (Å²) in [5, 5.41) is 3.61. The molecule has 0 aromatic heterocycles. The van der Waals surface area contributed by atoms with Crippen molar-refractivity contribution in [1.29, 1.82) is 0 Å². The minimum Gasteiger partial charge on any atom is -0.313 e. The zero-order chi connectivity index (χ0) is 12.0. The fourth-order valence-electron chi connectivity index (χ4n) is 2.63. The van der Waals surface area contributed by atoms with Gasteiger partial charge < -0.3 is 5.32 Å². The lowest BCUT2D eigenvalue weighted by molar-refractivity contribution is 0.118. The van der Waals surface area contributed by atoms with E-state index >= 15 is 0 Å². The summed E-state index contributed by atoms with van der Waals surface area (Å²) in [6, 6.07) is 1.31. The zero-order valence-corrected chi connectivity index (χ0v) is 11.6. The summed E-state index contributed by atoms with van der Waals surface area (Å²) >= 11 is 0. The Bertz CT molecular complexity index is 174. The number of hydrogen-bond acceptors (Lipinski definition) is 2. The number of hydrogen-bond donors (Lipinski definition) is 1. The predicted molar refractivity (Wildman–Crippen MR) is 71.8 cm³/mol. The fraction of sp³-hybridized carbons (Fsp3) is 1.00. The normalized spacial score (nSPS) is 23.2. The highest BCUT2D eigenvalue weighted by molar-refractivity contribution is 4.81. The van der Waals surface area contributed by atoms with Crippen LogP contribution in [0.2, 0.25) is 0 Å². The number of piperidine rings is 1. The molecule has 1 fully saturated rings. The molecule has 0 spiro atoms. The molecule has 1 aliphatic heterocycles. The van der Waals surface area contributed by atoms with Gasteiger partial charge in [0, 0.05) is 12.1 Å². The summed E-state index contributed by atoms with van der Waals surface area (Å²) in [5.41, 5.74) is 0. The van der Waals surface area contributed by atoms with Gasteiger partial charge in [-0.3, -0.25) is 4.90 Å². The molecule has 16 heavy (non-hydrogen) atoms. The topological polar surface area (TPSA) is 15.3 Å². The average Bonchev–Trinajstić information content (AvgIpc) is 2.35. The monoisotopic (exact) mass is 226 g/mol. The standard InChI is InChI=1S/C14H30N2/c1-5-9-15-12(3)13(4)16-10-7-14(6-2)8-11-16/h12-15H,5-11H2,1-4H3. The van der Waals surface area contributed by atoms with E-state index in [9.17, 15) is 0 Å². The van der Waals surface area contributed by atoms with E-state index in [4.69, 9.17) is 0 Å². The summed E-state index contributed by atoms with van der Waals surface area (Å²) in [5.74, 6) is 0.988. The van der Waals surface area contributed by atoms with E-state index in [1.54, 1.807) is 0 Å². The van der Waals surface area contributed by atoms with Gasteiger partial charge >= 0.3 is 0 Å². The summed E-state index contributed by atoms with van der Waals surface area (Å²) in [4.78, 5) is 2.67. The highest BCUT2D eigenvalue weighted by Crippen LogP contribution is 2.22. The van der Waals surface area contributed by atoms with Gasteiger partial charge in [0.05, 0.1) is 0 Å². The van der Waals surface area contributed by atoms with Crippen LogP contribution >= 0.6 is 0 Å². The zero-order valence-electron chi connectivity index (χ0n) is 11.6. The summed E-state index contributed by atoms with van der Waals surface area (Å²) in [7, 11) is 0. The van der Waals surface area contributed by atoms with Crippen LogP contribution in [-0.2, 0) is 0 Å². The van der Waals surface area contributed by atoms with Crippen LogP contribution in [0, 0.1) is 5.92 Å². The van der Waals surface area contributed by atoms with Crippen molar-refractivity contribution in [2.24, 2.45) is 5.92 Å². The van der Waals surface area contributed by atoms with E-state index in [1.807, 2.05) is 0 Å². The highest BCUT2D eigenvalue weighted by Gasteiger charge is 2.24. The van der Waals surface area contributed by atoms with E-state index in [2.05, 4.69) is 37.9 Å². The number of rotatable bonds is 6. The van der Waals surface area contributed by atoms with Crippen molar-refractivity contribution in [3.8, 4) is 0 Å². The SMILES string of the molecule is CCCNC(C)C(C)N1CCC(CC)CC1. The van der Waals surface area contributed by atoms with E-state index in [0.29, 0.717) is 12.1 Å². The first kappa shape index (κ1) is 14.0. The lowest BCUT2D eigenvalue weighted by Gasteiger charge is -2.38. The molecular weight excluding hydrogens is 196 g/mol. The lowest BCUT2D eigenvalue weighted by atomic mass is 9.93. The molecule has 0 radical (unpaired) electrons. The molecule has 96 valence electrons. The maximum absolute atomic E-state index is 3.61. The third-order valence-corrected chi connectivity index (χ3v) is 4.24. The first-order chi connectivity index (χ1) is 7.69. The molecule has 0 aromatic carbocycles. The van der Waals surface area contributed by atoms with Crippen molar-refractivity contribution >= 4 is 0 Å². The van der Waals surface area contributed by atoms with Gasteiger partial charge in [0.1, 0.15) is 0 Å². The highest BCUT2D eigenvalue weighted by atomic mass is 15.2. The first-order valence-electron chi connectivity index (χ1n) is 7.16. The molecule has 2 atom stereocenters. The van der Waals surface area contributed by atoms with E-state index in [1.165, 1.54) is 38.8 Å². The summed E-state index contributed by atoms with van der Waals surface area (Å²) in [6.07, 6.45) is 5.41. The molecule has 0 aromatic rings. The van der Waals surface area contributed by atoms with E-state index in [0.717, 1.165) is 12.5 Å². The minimum atomic E-state index is 0.623. The molecule has 0 amide bonds. The Labute approximate surface area is 102 Å². The summed E-state index contributed by atoms with van der Waals surface area (Å²) < 4.78 is 0. The second-order valence-corrected chi connectivity index (χ2v) is 5.37. The molecule has 0 bridgehead atoms. The van der Waals surface area contributed by atoms with E-state index in [-0.39, 0.29) is 0 Å².